The Morgan fingerprint density at radius 2 is 1.76 bits per heavy atom. The molecule has 0 aromatic rings. The molecule has 0 aliphatic rings. The van der Waals surface area contributed by atoms with Crippen molar-refractivity contribution in [1.82, 2.24) is 0 Å². The molecule has 0 heterocycles. The summed E-state index contributed by atoms with van der Waals surface area (Å²) in [6.07, 6.45) is 13.6. The van der Waals surface area contributed by atoms with Crippen molar-refractivity contribution in [2.24, 2.45) is 0 Å². The maximum absolute atomic E-state index is 11.0. The average Bonchev–Trinajstić information content (AvgIpc) is 2.26. The number of aliphatic carboxylic acids is 1. The summed E-state index contributed by atoms with van der Waals surface area (Å²) < 4.78 is 0. The second-order valence-corrected chi connectivity index (χ2v) is 4.03. The highest BCUT2D eigenvalue weighted by molar-refractivity contribution is 6.01. The molecule has 0 rings (SSSR count). The first-order valence-corrected chi connectivity index (χ1v) is 6.24. The van der Waals surface area contributed by atoms with Gasteiger partial charge in [0.15, 0.2) is 5.78 Å². The lowest BCUT2D eigenvalue weighted by Crippen LogP contribution is -2.02. The van der Waals surface area contributed by atoms with Gasteiger partial charge < -0.3 is 5.11 Å². The van der Waals surface area contributed by atoms with Gasteiger partial charge in [0.1, 0.15) is 6.42 Å². The first kappa shape index (κ1) is 15.6. The molecule has 0 spiro atoms. The van der Waals surface area contributed by atoms with E-state index in [4.69, 9.17) is 5.11 Å². The van der Waals surface area contributed by atoms with Crippen LogP contribution in [0.4, 0.5) is 0 Å². The summed E-state index contributed by atoms with van der Waals surface area (Å²) in [6, 6.07) is 0. The van der Waals surface area contributed by atoms with E-state index in [1.165, 1.54) is 38.2 Å². The van der Waals surface area contributed by atoms with Crippen LogP contribution in [0.2, 0.25) is 0 Å². The lowest BCUT2D eigenvalue weighted by molar-refractivity contribution is -0.139. The van der Waals surface area contributed by atoms with Crippen molar-refractivity contribution >= 4 is 11.8 Å². The van der Waals surface area contributed by atoms with Crippen molar-refractivity contribution in [2.75, 3.05) is 0 Å². The molecular formula is C14H22O3. The van der Waals surface area contributed by atoms with E-state index >= 15 is 0 Å². The molecule has 17 heavy (non-hydrogen) atoms. The van der Waals surface area contributed by atoms with Crippen molar-refractivity contribution in [2.45, 2.75) is 51.9 Å². The predicted molar refractivity (Wildman–Crippen MR) is 68.9 cm³/mol. The second kappa shape index (κ2) is 11.1. The van der Waals surface area contributed by atoms with Crippen LogP contribution in [0.15, 0.2) is 24.3 Å². The first-order chi connectivity index (χ1) is 8.16. The number of rotatable bonds is 10. The van der Waals surface area contributed by atoms with Gasteiger partial charge in [-0.15, -0.1) is 0 Å². The minimum absolute atomic E-state index is 0.370. The molecule has 0 amide bonds. The molecule has 0 atom stereocenters. The zero-order valence-corrected chi connectivity index (χ0v) is 10.5. The monoisotopic (exact) mass is 238 g/mol. The van der Waals surface area contributed by atoms with Crippen LogP contribution in [-0.4, -0.2) is 16.9 Å². The molecule has 0 aromatic heterocycles. The summed E-state index contributed by atoms with van der Waals surface area (Å²) in [4.78, 5) is 21.2. The Kier molecular flexibility index (Phi) is 10.2. The first-order valence-electron chi connectivity index (χ1n) is 6.24. The van der Waals surface area contributed by atoms with Gasteiger partial charge in [-0.05, 0) is 18.9 Å². The summed E-state index contributed by atoms with van der Waals surface area (Å²) in [6.45, 7) is 2.19. The Bertz CT molecular complexity index is 277. The molecule has 0 aliphatic heterocycles. The summed E-state index contributed by atoms with van der Waals surface area (Å²) in [7, 11) is 0. The molecule has 0 saturated carbocycles. The van der Waals surface area contributed by atoms with Crippen LogP contribution in [0.25, 0.3) is 0 Å². The number of unbranched alkanes of at least 4 members (excludes halogenated alkanes) is 5. The fourth-order valence-electron chi connectivity index (χ4n) is 1.41. The molecule has 96 valence electrons. The Morgan fingerprint density at radius 1 is 1.06 bits per heavy atom. The molecule has 0 unspecified atom stereocenters. The van der Waals surface area contributed by atoms with Crippen molar-refractivity contribution in [1.29, 1.82) is 0 Å². The SMILES string of the molecule is CCCCCCCC=CC=CC(=O)CC(=O)O. The Balaban J connectivity index is 3.49. The molecular weight excluding hydrogens is 216 g/mol. The van der Waals surface area contributed by atoms with E-state index in [2.05, 4.69) is 6.92 Å². The Morgan fingerprint density at radius 3 is 2.41 bits per heavy atom. The van der Waals surface area contributed by atoms with Crippen molar-refractivity contribution < 1.29 is 14.7 Å². The van der Waals surface area contributed by atoms with Gasteiger partial charge in [0.25, 0.3) is 0 Å². The predicted octanol–water partition coefficient (Wildman–Crippen LogP) is 3.50. The van der Waals surface area contributed by atoms with Gasteiger partial charge in [-0.1, -0.05) is 50.8 Å². The number of carbonyl (C=O) groups is 2. The summed E-state index contributed by atoms with van der Waals surface area (Å²) in [5.74, 6) is -1.45. The maximum atomic E-state index is 11.0. The summed E-state index contributed by atoms with van der Waals surface area (Å²) in [5.41, 5.74) is 0. The van der Waals surface area contributed by atoms with Crippen LogP contribution in [0.5, 0.6) is 0 Å². The van der Waals surface area contributed by atoms with Crippen molar-refractivity contribution in [3.8, 4) is 0 Å². The number of hydrogen-bond donors (Lipinski definition) is 1. The molecule has 1 N–H and O–H groups in total. The van der Waals surface area contributed by atoms with E-state index in [-0.39, 0.29) is 5.78 Å². The van der Waals surface area contributed by atoms with Crippen LogP contribution >= 0.6 is 0 Å². The molecule has 0 aromatic carbocycles. The van der Waals surface area contributed by atoms with Crippen LogP contribution in [0.1, 0.15) is 51.9 Å². The lowest BCUT2D eigenvalue weighted by Gasteiger charge is -1.95. The third-order valence-corrected chi connectivity index (χ3v) is 2.33. The molecule has 0 aliphatic carbocycles. The van der Waals surface area contributed by atoms with Crippen LogP contribution < -0.4 is 0 Å². The number of carboxylic acids is 1. The molecule has 0 fully saturated rings. The van der Waals surface area contributed by atoms with E-state index in [1.54, 1.807) is 12.2 Å². The highest BCUT2D eigenvalue weighted by Crippen LogP contribution is 2.05. The number of allylic oxidation sites excluding steroid dienone is 4. The largest absolute Gasteiger partial charge is 0.481 e. The van der Waals surface area contributed by atoms with Crippen molar-refractivity contribution in [3.05, 3.63) is 24.3 Å². The highest BCUT2D eigenvalue weighted by atomic mass is 16.4. The summed E-state index contributed by atoms with van der Waals surface area (Å²) >= 11 is 0. The van der Waals surface area contributed by atoms with Gasteiger partial charge in [0.2, 0.25) is 0 Å². The van der Waals surface area contributed by atoms with Crippen LogP contribution in [0, 0.1) is 0 Å². The number of carbonyl (C=O) groups excluding carboxylic acids is 1. The fourth-order valence-corrected chi connectivity index (χ4v) is 1.41. The zero-order valence-electron chi connectivity index (χ0n) is 10.5. The molecule has 0 bridgehead atoms. The van der Waals surface area contributed by atoms with E-state index in [0.717, 1.165) is 6.42 Å². The van der Waals surface area contributed by atoms with Crippen LogP contribution in [-0.2, 0) is 9.59 Å². The van der Waals surface area contributed by atoms with Gasteiger partial charge in [-0.3, -0.25) is 9.59 Å². The molecule has 0 saturated heterocycles. The standard InChI is InChI=1S/C14H22O3/c1-2-3-4-5-6-7-8-9-10-11-13(15)12-14(16)17/h8-11H,2-7,12H2,1H3,(H,16,17). The lowest BCUT2D eigenvalue weighted by atomic mass is 10.1. The molecule has 3 heteroatoms. The van der Waals surface area contributed by atoms with E-state index in [1.807, 2.05) is 6.08 Å². The van der Waals surface area contributed by atoms with E-state index in [0.29, 0.717) is 0 Å². The van der Waals surface area contributed by atoms with E-state index in [9.17, 15) is 9.59 Å². The summed E-state index contributed by atoms with van der Waals surface area (Å²) in [5, 5.41) is 8.35. The minimum atomic E-state index is -1.08. The maximum Gasteiger partial charge on any atom is 0.311 e. The third kappa shape index (κ3) is 12.6. The van der Waals surface area contributed by atoms with Crippen molar-refractivity contribution in [3.63, 3.8) is 0 Å². The Hall–Kier alpha value is -1.38. The number of ketones is 1. The number of hydrogen-bond acceptors (Lipinski definition) is 2. The van der Waals surface area contributed by atoms with Gasteiger partial charge in [0, 0.05) is 0 Å². The Labute approximate surface area is 103 Å². The highest BCUT2D eigenvalue weighted by Gasteiger charge is 2.01. The quantitative estimate of drug-likeness (QED) is 0.274. The smallest absolute Gasteiger partial charge is 0.311 e. The number of carboxylic acid groups (broad SMARTS) is 1. The third-order valence-electron chi connectivity index (χ3n) is 2.33. The van der Waals surface area contributed by atoms with Gasteiger partial charge in [0.05, 0.1) is 0 Å². The molecule has 0 radical (unpaired) electrons. The van der Waals surface area contributed by atoms with Gasteiger partial charge >= 0.3 is 5.97 Å². The average molecular weight is 238 g/mol. The van der Waals surface area contributed by atoms with E-state index < -0.39 is 12.4 Å². The second-order valence-electron chi connectivity index (χ2n) is 4.03. The normalized spacial score (nSPS) is 11.4. The topological polar surface area (TPSA) is 54.4 Å². The fraction of sp³-hybridized carbons (Fsp3) is 0.571. The van der Waals surface area contributed by atoms with Crippen LogP contribution in [0.3, 0.4) is 0 Å². The van der Waals surface area contributed by atoms with Gasteiger partial charge in [-0.2, -0.15) is 0 Å². The minimum Gasteiger partial charge on any atom is -0.481 e. The zero-order chi connectivity index (χ0) is 12.9. The molecule has 3 nitrogen and oxygen atoms in total. The van der Waals surface area contributed by atoms with Gasteiger partial charge in [-0.25, -0.2) is 0 Å².